The third kappa shape index (κ3) is 4.71. The Hall–Kier alpha value is -3.37. The summed E-state index contributed by atoms with van der Waals surface area (Å²) >= 11 is 1.26. The van der Waals surface area contributed by atoms with Gasteiger partial charge in [-0.15, -0.1) is 11.3 Å². The third-order valence-electron chi connectivity index (χ3n) is 5.92. The SMILES string of the molecule is O=C(Cc1csc(NC(=O)c2ccco2)n1)NCC1(c2ccc3c(c2)OCO3)CCOCC1. The lowest BCUT2D eigenvalue weighted by Crippen LogP contribution is -2.45. The summed E-state index contributed by atoms with van der Waals surface area (Å²) in [5.74, 6) is 1.17. The van der Waals surface area contributed by atoms with Gasteiger partial charge in [0.2, 0.25) is 12.7 Å². The highest BCUT2D eigenvalue weighted by molar-refractivity contribution is 7.14. The first-order valence-corrected chi connectivity index (χ1v) is 11.5. The van der Waals surface area contributed by atoms with Crippen LogP contribution in [0.15, 0.2) is 46.4 Å². The molecule has 2 N–H and O–H groups in total. The van der Waals surface area contributed by atoms with E-state index in [1.54, 1.807) is 17.5 Å². The number of nitrogens with zero attached hydrogens (tertiary/aromatic N) is 1. The van der Waals surface area contributed by atoms with Crippen LogP contribution in [0, 0.1) is 0 Å². The normalized spacial score (nSPS) is 16.4. The molecule has 0 spiro atoms. The van der Waals surface area contributed by atoms with Gasteiger partial charge in [0.25, 0.3) is 5.91 Å². The molecule has 0 radical (unpaired) electrons. The predicted octanol–water partition coefficient (Wildman–Crippen LogP) is 3.12. The van der Waals surface area contributed by atoms with Crippen molar-refractivity contribution in [1.82, 2.24) is 10.3 Å². The lowest BCUT2D eigenvalue weighted by Gasteiger charge is -2.38. The number of anilines is 1. The minimum atomic E-state index is -0.379. The number of hydrogen-bond donors (Lipinski definition) is 2. The number of carbonyl (C=O) groups excluding carboxylic acids is 2. The third-order valence-corrected chi connectivity index (χ3v) is 6.72. The van der Waals surface area contributed by atoms with Crippen molar-refractivity contribution in [1.29, 1.82) is 0 Å². The maximum absolute atomic E-state index is 12.7. The fourth-order valence-electron chi connectivity index (χ4n) is 4.06. The zero-order valence-electron chi connectivity index (χ0n) is 17.8. The molecule has 2 aliphatic rings. The van der Waals surface area contributed by atoms with Crippen LogP contribution in [0.25, 0.3) is 0 Å². The first-order valence-electron chi connectivity index (χ1n) is 10.7. The molecule has 0 atom stereocenters. The number of hydrogen-bond acceptors (Lipinski definition) is 8. The van der Waals surface area contributed by atoms with Crippen molar-refractivity contribution in [3.8, 4) is 11.5 Å². The second-order valence-electron chi connectivity index (χ2n) is 7.99. The zero-order valence-corrected chi connectivity index (χ0v) is 18.6. The molecule has 10 heteroatoms. The average Bonchev–Trinajstić information content (AvgIpc) is 3.60. The maximum Gasteiger partial charge on any atom is 0.293 e. The van der Waals surface area contributed by atoms with Crippen molar-refractivity contribution in [3.63, 3.8) is 0 Å². The largest absolute Gasteiger partial charge is 0.459 e. The Labute approximate surface area is 194 Å². The molecule has 9 nitrogen and oxygen atoms in total. The van der Waals surface area contributed by atoms with Crippen LogP contribution in [0.5, 0.6) is 11.5 Å². The number of rotatable bonds is 7. The van der Waals surface area contributed by atoms with Crippen molar-refractivity contribution >= 4 is 28.3 Å². The highest BCUT2D eigenvalue weighted by Crippen LogP contribution is 2.40. The Morgan fingerprint density at radius 2 is 1.97 bits per heavy atom. The van der Waals surface area contributed by atoms with Crippen molar-refractivity contribution in [2.45, 2.75) is 24.7 Å². The van der Waals surface area contributed by atoms with Crippen LogP contribution >= 0.6 is 11.3 Å². The molecule has 0 aliphatic carbocycles. The van der Waals surface area contributed by atoms with Crippen LogP contribution in [0.4, 0.5) is 5.13 Å². The number of benzene rings is 1. The minimum Gasteiger partial charge on any atom is -0.459 e. The fourth-order valence-corrected chi connectivity index (χ4v) is 4.77. The summed E-state index contributed by atoms with van der Waals surface area (Å²) in [6.07, 6.45) is 3.15. The molecule has 2 amide bonds. The quantitative estimate of drug-likeness (QED) is 0.547. The summed E-state index contributed by atoms with van der Waals surface area (Å²) in [4.78, 5) is 29.1. The molecule has 1 aromatic carbocycles. The van der Waals surface area contributed by atoms with E-state index in [1.807, 2.05) is 18.2 Å². The Kier molecular flexibility index (Phi) is 6.01. The van der Waals surface area contributed by atoms with E-state index in [-0.39, 0.29) is 36.2 Å². The van der Waals surface area contributed by atoms with E-state index < -0.39 is 0 Å². The smallest absolute Gasteiger partial charge is 0.293 e. The topological polar surface area (TPSA) is 112 Å². The summed E-state index contributed by atoms with van der Waals surface area (Å²) in [5, 5.41) is 7.93. The van der Waals surface area contributed by atoms with Gasteiger partial charge in [-0.3, -0.25) is 14.9 Å². The summed E-state index contributed by atoms with van der Waals surface area (Å²) in [7, 11) is 0. The van der Waals surface area contributed by atoms with E-state index in [9.17, 15) is 9.59 Å². The predicted molar refractivity (Wildman–Crippen MR) is 120 cm³/mol. The molecule has 2 aromatic heterocycles. The molecule has 0 saturated carbocycles. The number of furan rings is 1. The summed E-state index contributed by atoms with van der Waals surface area (Å²) < 4.78 is 21.6. The standard InChI is InChI=1S/C23H23N3O6S/c27-20(11-16-12-33-22(25-16)26-21(28)18-2-1-7-30-18)24-13-23(5-8-29-9-6-23)15-3-4-17-19(10-15)32-14-31-17/h1-4,7,10,12H,5-6,8-9,11,13-14H2,(H,24,27)(H,25,26,28). The Balaban J connectivity index is 1.21. The van der Waals surface area contributed by atoms with E-state index in [1.165, 1.54) is 17.6 Å². The van der Waals surface area contributed by atoms with Gasteiger partial charge < -0.3 is 23.9 Å². The second-order valence-corrected chi connectivity index (χ2v) is 8.85. The Morgan fingerprint density at radius 3 is 2.79 bits per heavy atom. The summed E-state index contributed by atoms with van der Waals surface area (Å²) in [5.41, 5.74) is 1.46. The molecule has 1 saturated heterocycles. The van der Waals surface area contributed by atoms with Gasteiger partial charge in [0.05, 0.1) is 18.4 Å². The van der Waals surface area contributed by atoms with Crippen molar-refractivity contribution < 1.29 is 28.2 Å². The van der Waals surface area contributed by atoms with Gasteiger partial charge in [-0.05, 0) is 42.7 Å². The number of carbonyl (C=O) groups is 2. The number of nitrogens with one attached hydrogen (secondary N) is 2. The molecule has 172 valence electrons. The lowest BCUT2D eigenvalue weighted by atomic mass is 9.74. The van der Waals surface area contributed by atoms with Gasteiger partial charge in [0.15, 0.2) is 22.4 Å². The molecule has 0 unspecified atom stereocenters. The van der Waals surface area contributed by atoms with E-state index in [0.29, 0.717) is 30.6 Å². The summed E-state index contributed by atoms with van der Waals surface area (Å²) in [6, 6.07) is 9.18. The van der Waals surface area contributed by atoms with Crippen molar-refractivity contribution in [2.24, 2.45) is 0 Å². The van der Waals surface area contributed by atoms with Gasteiger partial charge in [-0.1, -0.05) is 6.07 Å². The van der Waals surface area contributed by atoms with E-state index in [4.69, 9.17) is 18.6 Å². The lowest BCUT2D eigenvalue weighted by molar-refractivity contribution is -0.121. The second kappa shape index (κ2) is 9.24. The van der Waals surface area contributed by atoms with E-state index in [0.717, 1.165) is 29.9 Å². The molecule has 33 heavy (non-hydrogen) atoms. The highest BCUT2D eigenvalue weighted by Gasteiger charge is 2.36. The molecule has 5 rings (SSSR count). The molecule has 0 bridgehead atoms. The van der Waals surface area contributed by atoms with Crippen LogP contribution in [0.3, 0.4) is 0 Å². The number of ether oxygens (including phenoxy) is 3. The fraction of sp³-hybridized carbons (Fsp3) is 0.348. The number of fused-ring (bicyclic) bond motifs is 1. The zero-order chi connectivity index (χ0) is 22.7. The van der Waals surface area contributed by atoms with Gasteiger partial charge in [-0.2, -0.15) is 0 Å². The first-order chi connectivity index (χ1) is 16.1. The average molecular weight is 470 g/mol. The molecule has 2 aliphatic heterocycles. The van der Waals surface area contributed by atoms with E-state index in [2.05, 4.69) is 15.6 Å². The van der Waals surface area contributed by atoms with E-state index >= 15 is 0 Å². The molecule has 1 fully saturated rings. The van der Waals surface area contributed by atoms with Crippen LogP contribution in [0.2, 0.25) is 0 Å². The first kappa shape index (κ1) is 21.5. The Bertz CT molecular complexity index is 1140. The molecule has 3 aromatic rings. The van der Waals surface area contributed by atoms with Crippen LogP contribution in [-0.4, -0.2) is 43.3 Å². The molecule has 4 heterocycles. The number of amides is 2. The van der Waals surface area contributed by atoms with Crippen LogP contribution in [0.1, 0.15) is 34.7 Å². The van der Waals surface area contributed by atoms with Crippen molar-refractivity contribution in [3.05, 3.63) is 59.0 Å². The summed E-state index contributed by atoms with van der Waals surface area (Å²) in [6.45, 7) is 1.98. The van der Waals surface area contributed by atoms with Crippen LogP contribution in [-0.2, 0) is 21.4 Å². The highest BCUT2D eigenvalue weighted by atomic mass is 32.1. The van der Waals surface area contributed by atoms with Crippen molar-refractivity contribution in [2.75, 3.05) is 31.9 Å². The van der Waals surface area contributed by atoms with Crippen LogP contribution < -0.4 is 20.1 Å². The molecular formula is C23H23N3O6S. The Morgan fingerprint density at radius 1 is 1.12 bits per heavy atom. The van der Waals surface area contributed by atoms with Gasteiger partial charge in [0, 0.05) is 30.6 Å². The number of thiazole rings is 1. The van der Waals surface area contributed by atoms with Gasteiger partial charge in [-0.25, -0.2) is 4.98 Å². The maximum atomic E-state index is 12.7. The molecular weight excluding hydrogens is 446 g/mol. The van der Waals surface area contributed by atoms with Gasteiger partial charge >= 0.3 is 0 Å². The number of aromatic nitrogens is 1. The van der Waals surface area contributed by atoms with Gasteiger partial charge in [0.1, 0.15) is 0 Å². The monoisotopic (exact) mass is 469 g/mol. The minimum absolute atomic E-state index is 0.126.